The van der Waals surface area contributed by atoms with Gasteiger partial charge in [0.15, 0.2) is 9.84 Å². The fourth-order valence-electron chi connectivity index (χ4n) is 3.56. The van der Waals surface area contributed by atoms with E-state index in [0.29, 0.717) is 12.0 Å². The van der Waals surface area contributed by atoms with E-state index in [1.807, 2.05) is 6.07 Å². The second-order valence-corrected chi connectivity index (χ2v) is 9.42. The van der Waals surface area contributed by atoms with E-state index in [2.05, 4.69) is 10.6 Å². The molecule has 9 nitrogen and oxygen atoms in total. The van der Waals surface area contributed by atoms with Crippen LogP contribution in [0.15, 0.2) is 41.6 Å². The summed E-state index contributed by atoms with van der Waals surface area (Å²) >= 11 is 0. The molecule has 3 rings (SSSR count). The molecule has 10 heteroatoms. The van der Waals surface area contributed by atoms with Gasteiger partial charge < -0.3 is 20.1 Å². The van der Waals surface area contributed by atoms with Crippen molar-refractivity contribution in [1.82, 2.24) is 10.6 Å². The number of ether oxygens (including phenoxy) is 2. The largest absolute Gasteiger partial charge is 0.463 e. The second kappa shape index (κ2) is 9.29. The molecule has 2 N–H and O–H groups in total. The monoisotopic (exact) mass is 436 g/mol. The molecule has 1 saturated heterocycles. The smallest absolute Gasteiger partial charge is 0.338 e. The van der Waals surface area contributed by atoms with Gasteiger partial charge >= 0.3 is 18.0 Å². The van der Waals surface area contributed by atoms with Crippen molar-refractivity contribution < 1.29 is 32.3 Å². The third kappa shape index (κ3) is 5.38. The molecule has 162 valence electrons. The molecule has 0 aliphatic carbocycles. The lowest BCUT2D eigenvalue weighted by molar-refractivity contribution is -0.144. The van der Waals surface area contributed by atoms with Crippen molar-refractivity contribution >= 4 is 27.8 Å². The van der Waals surface area contributed by atoms with Gasteiger partial charge in [0.2, 0.25) is 0 Å². The number of amides is 2. The Balaban J connectivity index is 1.78. The highest BCUT2D eigenvalue weighted by atomic mass is 32.2. The maximum Gasteiger partial charge on any atom is 0.338 e. The van der Waals surface area contributed by atoms with E-state index in [0.717, 1.165) is 0 Å². The van der Waals surface area contributed by atoms with Gasteiger partial charge in [0.25, 0.3) is 0 Å². The molecular formula is C20H24N2O7S. The van der Waals surface area contributed by atoms with E-state index >= 15 is 0 Å². The SMILES string of the molecule is CCOC(=O)C1=C(COC(=O)CC2CCS(=O)(=O)C2)NC(=O)NC1c1ccccc1. The summed E-state index contributed by atoms with van der Waals surface area (Å²) in [5, 5.41) is 5.21. The molecule has 2 heterocycles. The molecule has 30 heavy (non-hydrogen) atoms. The molecule has 0 radical (unpaired) electrons. The maximum atomic E-state index is 12.6. The van der Waals surface area contributed by atoms with E-state index in [-0.39, 0.29) is 48.3 Å². The first kappa shape index (κ1) is 21.8. The molecule has 1 fully saturated rings. The Bertz CT molecular complexity index is 957. The van der Waals surface area contributed by atoms with Crippen LogP contribution >= 0.6 is 0 Å². The van der Waals surface area contributed by atoms with Gasteiger partial charge in [-0.3, -0.25) is 4.79 Å². The average molecular weight is 436 g/mol. The molecule has 1 aromatic rings. The van der Waals surface area contributed by atoms with Crippen LogP contribution in [0.1, 0.15) is 31.4 Å². The summed E-state index contributed by atoms with van der Waals surface area (Å²) in [4.78, 5) is 37.0. The van der Waals surface area contributed by atoms with Gasteiger partial charge in [0.05, 0.1) is 35.4 Å². The van der Waals surface area contributed by atoms with Crippen molar-refractivity contribution in [3.05, 3.63) is 47.2 Å². The lowest BCUT2D eigenvalue weighted by Gasteiger charge is -2.29. The zero-order valence-electron chi connectivity index (χ0n) is 16.6. The maximum absolute atomic E-state index is 12.6. The van der Waals surface area contributed by atoms with E-state index in [1.165, 1.54) is 0 Å². The number of esters is 2. The van der Waals surface area contributed by atoms with Crippen molar-refractivity contribution in [2.45, 2.75) is 25.8 Å². The highest BCUT2D eigenvalue weighted by Gasteiger charge is 2.34. The zero-order chi connectivity index (χ0) is 21.7. The number of benzene rings is 1. The standard InChI is InChI=1S/C20H24N2O7S/c1-2-28-19(24)17-15(11-29-16(23)10-13-8-9-30(26,27)12-13)21-20(25)22-18(17)14-6-4-3-5-7-14/h3-7,13,18H,2,8-12H2,1H3,(H2,21,22,25). The topological polar surface area (TPSA) is 128 Å². The molecular weight excluding hydrogens is 412 g/mol. The summed E-state index contributed by atoms with van der Waals surface area (Å²) in [6.45, 7) is 1.48. The molecule has 0 bridgehead atoms. The summed E-state index contributed by atoms with van der Waals surface area (Å²) in [6.07, 6.45) is 0.389. The van der Waals surface area contributed by atoms with E-state index in [9.17, 15) is 22.8 Å². The van der Waals surface area contributed by atoms with Crippen molar-refractivity contribution in [2.24, 2.45) is 5.92 Å². The van der Waals surface area contributed by atoms with E-state index in [1.54, 1.807) is 31.2 Å². The molecule has 0 spiro atoms. The van der Waals surface area contributed by atoms with Crippen LogP contribution in [0.25, 0.3) is 0 Å². The first-order chi connectivity index (χ1) is 14.3. The summed E-state index contributed by atoms with van der Waals surface area (Å²) in [5.41, 5.74) is 0.965. The summed E-state index contributed by atoms with van der Waals surface area (Å²) in [5.74, 6) is -1.46. The predicted molar refractivity (Wildman–Crippen MR) is 107 cm³/mol. The Morgan fingerprint density at radius 1 is 1.17 bits per heavy atom. The van der Waals surface area contributed by atoms with Crippen molar-refractivity contribution in [3.8, 4) is 0 Å². The lowest BCUT2D eigenvalue weighted by atomic mass is 9.95. The van der Waals surface area contributed by atoms with Gasteiger partial charge in [-0.05, 0) is 24.8 Å². The third-order valence-corrected chi connectivity index (χ3v) is 6.78. The minimum Gasteiger partial charge on any atom is -0.463 e. The first-order valence-corrected chi connectivity index (χ1v) is 11.5. The summed E-state index contributed by atoms with van der Waals surface area (Å²) < 4.78 is 33.5. The molecule has 1 aromatic carbocycles. The third-order valence-electron chi connectivity index (χ3n) is 4.94. The highest BCUT2D eigenvalue weighted by molar-refractivity contribution is 7.91. The fraction of sp³-hybridized carbons (Fsp3) is 0.450. The normalized spacial score (nSPS) is 22.8. The molecule has 2 atom stereocenters. The second-order valence-electron chi connectivity index (χ2n) is 7.19. The molecule has 2 aliphatic heterocycles. The van der Waals surface area contributed by atoms with Crippen LogP contribution in [0.2, 0.25) is 0 Å². The van der Waals surface area contributed by atoms with Crippen LogP contribution in [0.5, 0.6) is 0 Å². The number of carbonyl (C=O) groups is 3. The van der Waals surface area contributed by atoms with Crippen molar-refractivity contribution in [3.63, 3.8) is 0 Å². The quantitative estimate of drug-likeness (QED) is 0.615. The number of hydrogen-bond acceptors (Lipinski definition) is 7. The van der Waals surface area contributed by atoms with Gasteiger partial charge in [-0.25, -0.2) is 18.0 Å². The average Bonchev–Trinajstić information content (AvgIpc) is 3.04. The van der Waals surface area contributed by atoms with Gasteiger partial charge in [-0.2, -0.15) is 0 Å². The van der Waals surface area contributed by atoms with Crippen molar-refractivity contribution in [1.29, 1.82) is 0 Å². The Hall–Kier alpha value is -2.88. The van der Waals surface area contributed by atoms with Gasteiger partial charge in [-0.15, -0.1) is 0 Å². The molecule has 0 saturated carbocycles. The first-order valence-electron chi connectivity index (χ1n) is 9.67. The van der Waals surface area contributed by atoms with Crippen LogP contribution in [-0.2, 0) is 28.9 Å². The molecule has 0 aromatic heterocycles. The number of hydrogen-bond donors (Lipinski definition) is 2. The summed E-state index contributed by atoms with van der Waals surface area (Å²) in [7, 11) is -3.09. The van der Waals surface area contributed by atoms with Gasteiger partial charge in [0, 0.05) is 6.42 Å². The minimum absolute atomic E-state index is 0.0321. The van der Waals surface area contributed by atoms with Crippen LogP contribution in [0.3, 0.4) is 0 Å². The number of rotatable bonds is 7. The van der Waals surface area contributed by atoms with Crippen LogP contribution < -0.4 is 10.6 Å². The highest BCUT2D eigenvalue weighted by Crippen LogP contribution is 2.28. The van der Waals surface area contributed by atoms with Gasteiger partial charge in [-0.1, -0.05) is 30.3 Å². The summed E-state index contributed by atoms with van der Waals surface area (Å²) in [6, 6.07) is 7.60. The molecule has 2 amide bonds. The Kier molecular flexibility index (Phi) is 6.76. The zero-order valence-corrected chi connectivity index (χ0v) is 17.4. The Morgan fingerprint density at radius 3 is 2.53 bits per heavy atom. The number of carbonyl (C=O) groups excluding carboxylic acids is 3. The fourth-order valence-corrected chi connectivity index (χ4v) is 5.42. The van der Waals surface area contributed by atoms with Crippen LogP contribution in [0, 0.1) is 5.92 Å². The molecule has 2 aliphatic rings. The lowest BCUT2D eigenvalue weighted by Crippen LogP contribution is -2.47. The van der Waals surface area contributed by atoms with Crippen LogP contribution in [0.4, 0.5) is 4.79 Å². The van der Waals surface area contributed by atoms with E-state index in [4.69, 9.17) is 9.47 Å². The number of nitrogens with one attached hydrogen (secondary N) is 2. The number of sulfone groups is 1. The predicted octanol–water partition coefficient (Wildman–Crippen LogP) is 1.23. The van der Waals surface area contributed by atoms with Gasteiger partial charge in [0.1, 0.15) is 6.61 Å². The Morgan fingerprint density at radius 2 is 1.90 bits per heavy atom. The van der Waals surface area contributed by atoms with Crippen LogP contribution in [-0.4, -0.2) is 51.1 Å². The molecule has 2 unspecified atom stereocenters. The van der Waals surface area contributed by atoms with E-state index < -0.39 is 33.8 Å². The van der Waals surface area contributed by atoms with Crippen molar-refractivity contribution in [2.75, 3.05) is 24.7 Å². The minimum atomic E-state index is -3.09. The Labute approximate surface area is 174 Å². The number of urea groups is 1.